The Kier molecular flexibility index (Phi) is 5.02. The molecule has 0 saturated heterocycles. The highest BCUT2D eigenvalue weighted by Gasteiger charge is 2.47. The highest BCUT2D eigenvalue weighted by atomic mass is 19.4. The zero-order valence-electron chi connectivity index (χ0n) is 15.8. The van der Waals surface area contributed by atoms with Crippen LogP contribution in [0.2, 0.25) is 0 Å². The van der Waals surface area contributed by atoms with Crippen molar-refractivity contribution in [3.8, 4) is 0 Å². The molecule has 10 heteroatoms. The van der Waals surface area contributed by atoms with Gasteiger partial charge in [0.2, 0.25) is 0 Å². The average Bonchev–Trinajstić information content (AvgIpc) is 3.36. The summed E-state index contributed by atoms with van der Waals surface area (Å²) in [6, 6.07) is 7.04. The first kappa shape index (κ1) is 20.0. The molecule has 4 rings (SSSR count). The molecule has 1 amide bonds. The molecule has 0 fully saturated rings. The molecule has 1 aliphatic rings. The van der Waals surface area contributed by atoms with Crippen molar-refractivity contribution in [3.05, 3.63) is 65.7 Å². The highest BCUT2D eigenvalue weighted by molar-refractivity contribution is 6.07. The summed E-state index contributed by atoms with van der Waals surface area (Å²) in [6.45, 7) is 1.62. The van der Waals surface area contributed by atoms with E-state index in [2.05, 4.69) is 15.7 Å². The summed E-state index contributed by atoms with van der Waals surface area (Å²) >= 11 is 0. The van der Waals surface area contributed by atoms with E-state index in [0.29, 0.717) is 17.0 Å². The van der Waals surface area contributed by atoms with E-state index in [0.717, 1.165) is 10.9 Å². The summed E-state index contributed by atoms with van der Waals surface area (Å²) in [5.74, 6) is -0.283. The van der Waals surface area contributed by atoms with Gasteiger partial charge in [0.25, 0.3) is 5.91 Å². The topological polar surface area (TPSA) is 92.3 Å². The van der Waals surface area contributed by atoms with Crippen LogP contribution >= 0.6 is 0 Å². The number of hydrogen-bond acceptors (Lipinski definition) is 5. The lowest BCUT2D eigenvalue weighted by atomic mass is 10.0. The zero-order chi connectivity index (χ0) is 21.5. The minimum absolute atomic E-state index is 0.0138. The Balaban J connectivity index is 1.63. The van der Waals surface area contributed by atoms with E-state index in [-0.39, 0.29) is 17.8 Å². The van der Waals surface area contributed by atoms with Crippen molar-refractivity contribution < 1.29 is 27.5 Å². The third-order valence-electron chi connectivity index (χ3n) is 5.02. The Morgan fingerprint density at radius 3 is 2.67 bits per heavy atom. The number of benzene rings is 1. The molecule has 0 spiro atoms. The van der Waals surface area contributed by atoms with Gasteiger partial charge in [-0.2, -0.15) is 18.3 Å². The fourth-order valence-corrected chi connectivity index (χ4v) is 3.45. The van der Waals surface area contributed by atoms with Gasteiger partial charge in [0.1, 0.15) is 17.1 Å². The zero-order valence-corrected chi connectivity index (χ0v) is 15.8. The number of nitrogens with zero attached hydrogens (tertiary/aromatic N) is 2. The molecule has 0 radical (unpaired) electrons. The molecule has 2 aromatic heterocycles. The van der Waals surface area contributed by atoms with Crippen LogP contribution in [0.25, 0.3) is 0 Å². The number of rotatable bonds is 4. The van der Waals surface area contributed by atoms with Crippen LogP contribution in [0, 0.1) is 0 Å². The molecule has 7 nitrogen and oxygen atoms in total. The first-order valence-electron chi connectivity index (χ1n) is 9.27. The lowest BCUT2D eigenvalue weighted by molar-refractivity contribution is -0.174. The number of aliphatic hydroxyl groups is 1. The second-order valence-electron chi connectivity index (χ2n) is 7.11. The molecule has 3 N–H and O–H groups in total. The normalized spacial score (nSPS) is 19.6. The fraction of sp³-hybridized carbons (Fsp3) is 0.300. The molecular formula is C20H19F3N4O3. The summed E-state index contributed by atoms with van der Waals surface area (Å²) in [6.07, 6.45) is -3.01. The SMILES string of the molecule is CC(O)c1ccc(NC(=O)c2cnn3c2NC(c2ccco2)CC3C(F)(F)F)cc1. The Morgan fingerprint density at radius 2 is 2.07 bits per heavy atom. The van der Waals surface area contributed by atoms with E-state index in [9.17, 15) is 23.1 Å². The molecule has 3 aromatic rings. The molecular weight excluding hydrogens is 401 g/mol. The van der Waals surface area contributed by atoms with Gasteiger partial charge in [-0.1, -0.05) is 12.1 Å². The van der Waals surface area contributed by atoms with Crippen LogP contribution < -0.4 is 10.6 Å². The summed E-state index contributed by atoms with van der Waals surface area (Å²) in [4.78, 5) is 12.8. The van der Waals surface area contributed by atoms with Crippen molar-refractivity contribution in [1.82, 2.24) is 9.78 Å². The average molecular weight is 420 g/mol. The standard InChI is InChI=1S/C20H19F3N4O3/c1-11(28)12-4-6-13(7-5-12)25-19(29)14-10-24-27-17(20(21,22)23)9-15(26-18(14)27)16-3-2-8-30-16/h2-8,10-11,15,17,26,28H,9H2,1H3,(H,25,29). The Labute approximate surface area is 169 Å². The Morgan fingerprint density at radius 1 is 1.33 bits per heavy atom. The summed E-state index contributed by atoms with van der Waals surface area (Å²) in [5.41, 5.74) is 1.10. The number of furan rings is 1. The predicted molar refractivity (Wildman–Crippen MR) is 102 cm³/mol. The van der Waals surface area contributed by atoms with Crippen molar-refractivity contribution >= 4 is 17.4 Å². The second-order valence-corrected chi connectivity index (χ2v) is 7.11. The van der Waals surface area contributed by atoms with Crippen LogP contribution in [0.4, 0.5) is 24.7 Å². The molecule has 0 bridgehead atoms. The van der Waals surface area contributed by atoms with Crippen LogP contribution in [0.5, 0.6) is 0 Å². The molecule has 30 heavy (non-hydrogen) atoms. The quantitative estimate of drug-likeness (QED) is 0.580. The maximum absolute atomic E-state index is 13.7. The van der Waals surface area contributed by atoms with E-state index < -0.39 is 30.3 Å². The second kappa shape index (κ2) is 7.52. The number of fused-ring (bicyclic) bond motifs is 1. The molecule has 1 aliphatic heterocycles. The van der Waals surface area contributed by atoms with E-state index in [1.165, 1.54) is 6.26 Å². The molecule has 1 aromatic carbocycles. The van der Waals surface area contributed by atoms with E-state index in [1.54, 1.807) is 43.3 Å². The van der Waals surface area contributed by atoms with Gasteiger partial charge >= 0.3 is 6.18 Å². The third-order valence-corrected chi connectivity index (χ3v) is 5.02. The molecule has 3 atom stereocenters. The number of anilines is 2. The third kappa shape index (κ3) is 3.78. The van der Waals surface area contributed by atoms with Crippen LogP contribution in [0.3, 0.4) is 0 Å². The van der Waals surface area contributed by atoms with Gasteiger partial charge < -0.3 is 20.2 Å². The maximum atomic E-state index is 13.7. The van der Waals surface area contributed by atoms with Gasteiger partial charge in [-0.25, -0.2) is 4.68 Å². The minimum Gasteiger partial charge on any atom is -0.467 e. The van der Waals surface area contributed by atoms with E-state index in [4.69, 9.17) is 4.42 Å². The molecule has 0 saturated carbocycles. The first-order chi connectivity index (χ1) is 14.2. The fourth-order valence-electron chi connectivity index (χ4n) is 3.45. The molecule has 3 unspecified atom stereocenters. The minimum atomic E-state index is -4.54. The highest BCUT2D eigenvalue weighted by Crippen LogP contribution is 2.44. The van der Waals surface area contributed by atoms with Gasteiger partial charge in [-0.05, 0) is 36.8 Å². The van der Waals surface area contributed by atoms with Crippen LogP contribution in [0.1, 0.15) is 53.2 Å². The van der Waals surface area contributed by atoms with Crippen molar-refractivity contribution in [1.29, 1.82) is 0 Å². The lowest BCUT2D eigenvalue weighted by Gasteiger charge is -2.32. The Hall–Kier alpha value is -3.27. The summed E-state index contributed by atoms with van der Waals surface area (Å²) in [5, 5.41) is 19.0. The van der Waals surface area contributed by atoms with Crippen LogP contribution in [0.15, 0.2) is 53.3 Å². The van der Waals surface area contributed by atoms with Gasteiger partial charge in [0.05, 0.1) is 24.6 Å². The lowest BCUT2D eigenvalue weighted by Crippen LogP contribution is -2.36. The Bertz CT molecular complexity index is 1030. The number of carbonyl (C=O) groups is 1. The van der Waals surface area contributed by atoms with Crippen LogP contribution in [-0.4, -0.2) is 27.0 Å². The van der Waals surface area contributed by atoms with Crippen LogP contribution in [-0.2, 0) is 0 Å². The van der Waals surface area contributed by atoms with Crippen molar-refractivity contribution in [3.63, 3.8) is 0 Å². The molecule has 0 aliphatic carbocycles. The number of halogens is 3. The van der Waals surface area contributed by atoms with Gasteiger partial charge in [-0.15, -0.1) is 0 Å². The van der Waals surface area contributed by atoms with Gasteiger partial charge in [0.15, 0.2) is 6.04 Å². The number of hydrogen-bond donors (Lipinski definition) is 3. The first-order valence-corrected chi connectivity index (χ1v) is 9.27. The van der Waals surface area contributed by atoms with E-state index in [1.807, 2.05) is 0 Å². The number of nitrogens with one attached hydrogen (secondary N) is 2. The number of alkyl halides is 3. The van der Waals surface area contributed by atoms with Crippen molar-refractivity contribution in [2.24, 2.45) is 0 Å². The molecule has 158 valence electrons. The number of aromatic nitrogens is 2. The maximum Gasteiger partial charge on any atom is 0.410 e. The predicted octanol–water partition coefficient (Wildman–Crippen LogP) is 4.44. The van der Waals surface area contributed by atoms with Crippen molar-refractivity contribution in [2.75, 3.05) is 10.6 Å². The monoisotopic (exact) mass is 420 g/mol. The smallest absolute Gasteiger partial charge is 0.410 e. The van der Waals surface area contributed by atoms with Gasteiger partial charge in [-0.3, -0.25) is 4.79 Å². The molecule has 3 heterocycles. The number of amides is 1. The summed E-state index contributed by atoms with van der Waals surface area (Å²) < 4.78 is 47.0. The summed E-state index contributed by atoms with van der Waals surface area (Å²) in [7, 11) is 0. The van der Waals surface area contributed by atoms with Gasteiger partial charge in [0, 0.05) is 12.1 Å². The number of aliphatic hydroxyl groups excluding tert-OH is 1. The van der Waals surface area contributed by atoms with Crippen molar-refractivity contribution in [2.45, 2.75) is 37.7 Å². The largest absolute Gasteiger partial charge is 0.467 e. The van der Waals surface area contributed by atoms with E-state index >= 15 is 0 Å². The number of carbonyl (C=O) groups excluding carboxylic acids is 1.